The monoisotopic (exact) mass is 399 g/mol. The molecule has 0 spiro atoms. The number of β-lactam (4-membered cyclic amide) rings is 1. The number of non-ortho nitro benzene ring substituents is 1. The minimum absolute atomic E-state index is 0.0404. The minimum Gasteiger partial charge on any atom is -0.456 e. The van der Waals surface area contributed by atoms with Crippen LogP contribution in [0.3, 0.4) is 0 Å². The number of thioether (sulfide) groups is 1. The molecule has 0 bridgehead atoms. The number of nitro benzene ring substituents is 1. The van der Waals surface area contributed by atoms with Crippen molar-refractivity contribution >= 4 is 35.4 Å². The number of hydrogen-bond acceptors (Lipinski definition) is 8. The molecule has 1 aromatic carbocycles. The van der Waals surface area contributed by atoms with Gasteiger partial charge < -0.3 is 4.74 Å². The number of rotatable bonds is 5. The number of aryl methyl sites for hydroxylation is 1. The molecule has 1 fully saturated rings. The molecule has 1 saturated heterocycles. The number of ether oxygens (including phenoxy) is 1. The Labute approximate surface area is 162 Å². The maximum absolute atomic E-state index is 12.4. The zero-order valence-electron chi connectivity index (χ0n) is 14.5. The number of esters is 1. The first kappa shape index (κ1) is 17.9. The fourth-order valence-electron chi connectivity index (χ4n) is 2.79. The van der Waals surface area contributed by atoms with Gasteiger partial charge in [-0.25, -0.2) is 4.79 Å². The first-order valence-electron chi connectivity index (χ1n) is 8.11. The van der Waals surface area contributed by atoms with E-state index in [0.29, 0.717) is 16.8 Å². The molecule has 0 unspecified atom stereocenters. The molecule has 2 aromatic rings. The summed E-state index contributed by atoms with van der Waals surface area (Å²) < 4.78 is 6.78. The van der Waals surface area contributed by atoms with Gasteiger partial charge in [-0.2, -0.15) is 0 Å². The summed E-state index contributed by atoms with van der Waals surface area (Å²) in [5, 5.41) is 19.7. The predicted octanol–water partition coefficient (Wildman–Crippen LogP) is 1.61. The third-order valence-corrected chi connectivity index (χ3v) is 5.27. The SMILES string of the molecule is Cn1cc(/C=C2/C(=O)N3C(C(=O)OCc4ccc([N+](=O)[O-])cc4)=CS[C@H]23)nn1. The topological polar surface area (TPSA) is 120 Å². The molecule has 11 heteroatoms. The van der Waals surface area contributed by atoms with E-state index in [1.807, 2.05) is 0 Å². The van der Waals surface area contributed by atoms with Gasteiger partial charge in [0.25, 0.3) is 11.6 Å². The molecule has 1 aromatic heterocycles. The van der Waals surface area contributed by atoms with Gasteiger partial charge in [0.2, 0.25) is 0 Å². The Kier molecular flexibility index (Phi) is 4.43. The summed E-state index contributed by atoms with van der Waals surface area (Å²) in [6, 6.07) is 5.71. The standard InChI is InChI=1S/C17H13N5O5S/c1-20-7-11(18-19-20)6-13-15(23)21-14(9-28-16(13)21)17(24)27-8-10-2-4-12(5-3-10)22(25)26/h2-7,9,16H,8H2,1H3/b13-6-/t16-/m1/s1. The van der Waals surface area contributed by atoms with Gasteiger partial charge in [-0.05, 0) is 23.8 Å². The van der Waals surface area contributed by atoms with Gasteiger partial charge in [-0.1, -0.05) is 5.21 Å². The van der Waals surface area contributed by atoms with Crippen molar-refractivity contribution in [2.24, 2.45) is 7.05 Å². The number of fused-ring (bicyclic) bond motifs is 1. The van der Waals surface area contributed by atoms with E-state index in [4.69, 9.17) is 4.74 Å². The van der Waals surface area contributed by atoms with Crippen molar-refractivity contribution in [1.29, 1.82) is 0 Å². The van der Waals surface area contributed by atoms with Gasteiger partial charge in [0.05, 0.1) is 16.7 Å². The van der Waals surface area contributed by atoms with E-state index in [1.165, 1.54) is 45.6 Å². The number of aromatic nitrogens is 3. The Balaban J connectivity index is 1.38. The van der Waals surface area contributed by atoms with E-state index < -0.39 is 10.9 Å². The zero-order chi connectivity index (χ0) is 19.8. The maximum Gasteiger partial charge on any atom is 0.355 e. The normalized spacial score (nSPS) is 19.2. The van der Waals surface area contributed by atoms with Gasteiger partial charge in [0.1, 0.15) is 23.4 Å². The van der Waals surface area contributed by atoms with Crippen LogP contribution in [0.5, 0.6) is 0 Å². The fourth-order valence-corrected chi connectivity index (χ4v) is 3.90. The van der Waals surface area contributed by atoms with E-state index in [9.17, 15) is 19.7 Å². The molecular formula is C17H13N5O5S. The minimum atomic E-state index is -0.625. The molecule has 0 N–H and O–H groups in total. The molecule has 0 saturated carbocycles. The highest BCUT2D eigenvalue weighted by Gasteiger charge is 2.49. The first-order chi connectivity index (χ1) is 13.4. The number of carbonyl (C=O) groups excluding carboxylic acids is 2. The highest BCUT2D eigenvalue weighted by atomic mass is 32.2. The summed E-state index contributed by atoms with van der Waals surface area (Å²) in [6.45, 7) is -0.0478. The van der Waals surface area contributed by atoms with Crippen LogP contribution in [-0.4, -0.2) is 42.1 Å². The summed E-state index contributed by atoms with van der Waals surface area (Å²) >= 11 is 1.34. The van der Waals surface area contributed by atoms with Gasteiger partial charge in [0.15, 0.2) is 0 Å². The fraction of sp³-hybridized carbons (Fsp3) is 0.176. The van der Waals surface area contributed by atoms with Crippen molar-refractivity contribution in [3.63, 3.8) is 0 Å². The zero-order valence-corrected chi connectivity index (χ0v) is 15.3. The molecule has 2 aliphatic rings. The van der Waals surface area contributed by atoms with E-state index in [2.05, 4.69) is 10.3 Å². The molecular weight excluding hydrogens is 386 g/mol. The average molecular weight is 399 g/mol. The first-order valence-corrected chi connectivity index (χ1v) is 9.06. The molecule has 0 radical (unpaired) electrons. The highest BCUT2D eigenvalue weighted by molar-refractivity contribution is 8.03. The molecule has 3 heterocycles. The van der Waals surface area contributed by atoms with Crippen molar-refractivity contribution in [1.82, 2.24) is 19.9 Å². The molecule has 4 rings (SSSR count). The third-order valence-electron chi connectivity index (χ3n) is 4.18. The number of nitro groups is 1. The molecule has 10 nitrogen and oxygen atoms in total. The lowest BCUT2D eigenvalue weighted by Crippen LogP contribution is -2.51. The summed E-state index contributed by atoms with van der Waals surface area (Å²) in [4.78, 5) is 36.3. The van der Waals surface area contributed by atoms with Crippen LogP contribution in [0.1, 0.15) is 11.3 Å². The third kappa shape index (κ3) is 3.16. The van der Waals surface area contributed by atoms with Crippen LogP contribution in [0.25, 0.3) is 6.08 Å². The molecule has 142 valence electrons. The molecule has 1 atom stereocenters. The lowest BCUT2D eigenvalue weighted by molar-refractivity contribution is -0.384. The largest absolute Gasteiger partial charge is 0.456 e. The van der Waals surface area contributed by atoms with Crippen LogP contribution in [0.4, 0.5) is 5.69 Å². The Morgan fingerprint density at radius 2 is 2.14 bits per heavy atom. The van der Waals surface area contributed by atoms with E-state index in [-0.39, 0.29) is 29.3 Å². The van der Waals surface area contributed by atoms with Gasteiger partial charge >= 0.3 is 5.97 Å². The number of nitrogens with zero attached hydrogens (tertiary/aromatic N) is 5. The van der Waals surface area contributed by atoms with E-state index in [1.54, 1.807) is 24.7 Å². The lowest BCUT2D eigenvalue weighted by Gasteiger charge is -2.37. The summed E-state index contributed by atoms with van der Waals surface area (Å²) in [5.41, 5.74) is 1.86. The van der Waals surface area contributed by atoms with Crippen molar-refractivity contribution in [2.75, 3.05) is 0 Å². The van der Waals surface area contributed by atoms with Crippen LogP contribution in [0.15, 0.2) is 47.1 Å². The van der Waals surface area contributed by atoms with E-state index >= 15 is 0 Å². The number of hydrogen-bond donors (Lipinski definition) is 0. The maximum atomic E-state index is 12.4. The Bertz CT molecular complexity index is 1040. The van der Waals surface area contributed by atoms with Crippen LogP contribution < -0.4 is 0 Å². The van der Waals surface area contributed by atoms with Gasteiger partial charge in [-0.15, -0.1) is 16.9 Å². The average Bonchev–Trinajstić information content (AvgIpc) is 3.28. The van der Waals surface area contributed by atoms with Crippen LogP contribution in [0, 0.1) is 10.1 Å². The number of benzene rings is 1. The second-order valence-corrected chi connectivity index (χ2v) is 7.04. The second-order valence-electron chi connectivity index (χ2n) is 6.08. The Hall–Kier alpha value is -3.47. The van der Waals surface area contributed by atoms with Crippen molar-refractivity contribution in [2.45, 2.75) is 12.0 Å². The van der Waals surface area contributed by atoms with Crippen LogP contribution in [0.2, 0.25) is 0 Å². The number of carbonyl (C=O) groups is 2. The van der Waals surface area contributed by atoms with Crippen molar-refractivity contribution < 1.29 is 19.2 Å². The Morgan fingerprint density at radius 1 is 1.39 bits per heavy atom. The van der Waals surface area contributed by atoms with Crippen LogP contribution >= 0.6 is 11.8 Å². The molecule has 1 amide bonds. The Morgan fingerprint density at radius 3 is 2.79 bits per heavy atom. The molecule has 0 aliphatic carbocycles. The smallest absolute Gasteiger partial charge is 0.355 e. The molecule has 2 aliphatic heterocycles. The van der Waals surface area contributed by atoms with Crippen molar-refractivity contribution in [3.05, 3.63) is 68.5 Å². The van der Waals surface area contributed by atoms with Crippen LogP contribution in [-0.2, 0) is 28.0 Å². The van der Waals surface area contributed by atoms with Gasteiger partial charge in [-0.3, -0.25) is 24.5 Å². The molecule has 28 heavy (non-hydrogen) atoms. The predicted molar refractivity (Wildman–Crippen MR) is 98.2 cm³/mol. The van der Waals surface area contributed by atoms with E-state index in [0.717, 1.165) is 0 Å². The quantitative estimate of drug-likeness (QED) is 0.244. The number of amides is 1. The highest BCUT2D eigenvalue weighted by Crippen LogP contribution is 2.45. The summed E-state index contributed by atoms with van der Waals surface area (Å²) in [7, 11) is 1.73. The van der Waals surface area contributed by atoms with Gasteiger partial charge in [0, 0.05) is 24.6 Å². The summed E-state index contributed by atoms with van der Waals surface area (Å²) in [6.07, 6.45) is 3.35. The summed E-state index contributed by atoms with van der Waals surface area (Å²) in [5.74, 6) is -0.903. The lowest BCUT2D eigenvalue weighted by atomic mass is 10.0. The van der Waals surface area contributed by atoms with Crippen molar-refractivity contribution in [3.8, 4) is 0 Å². The second kappa shape index (κ2) is 6.93.